The molecule has 0 amide bonds. The molecule has 3 aliphatic rings. The van der Waals surface area contributed by atoms with Gasteiger partial charge in [-0.15, -0.1) is 0 Å². The van der Waals surface area contributed by atoms with E-state index in [1.807, 2.05) is 24.3 Å². The van der Waals surface area contributed by atoms with Crippen LogP contribution in [0.1, 0.15) is 42.9 Å². The van der Waals surface area contributed by atoms with Gasteiger partial charge in [-0.25, -0.2) is 13.6 Å². The van der Waals surface area contributed by atoms with Gasteiger partial charge in [0.2, 0.25) is 10.0 Å². The van der Waals surface area contributed by atoms with Crippen LogP contribution in [0.3, 0.4) is 0 Å². The number of phenolic OH excluding ortho intramolecular Hbond substituents is 1. The lowest BCUT2D eigenvalue weighted by Gasteiger charge is -2.56. The van der Waals surface area contributed by atoms with Crippen molar-refractivity contribution in [1.29, 1.82) is 0 Å². The van der Waals surface area contributed by atoms with Crippen molar-refractivity contribution in [1.82, 2.24) is 10.2 Å². The van der Waals surface area contributed by atoms with Crippen molar-refractivity contribution in [2.45, 2.75) is 61.4 Å². The fourth-order valence-electron chi connectivity index (χ4n) is 5.82. The molecule has 2 bridgehead atoms. The van der Waals surface area contributed by atoms with Crippen molar-refractivity contribution in [3.8, 4) is 5.75 Å². The number of nitrogens with zero attached hydrogens (tertiary/aromatic N) is 1. The molecule has 0 spiro atoms. The van der Waals surface area contributed by atoms with Gasteiger partial charge in [0.1, 0.15) is 5.75 Å². The number of likely N-dealkylation sites (tertiary alicyclic amines) is 1. The largest absolute Gasteiger partial charge is 0.508 e. The van der Waals surface area contributed by atoms with Gasteiger partial charge in [-0.2, -0.15) is 0 Å². The van der Waals surface area contributed by atoms with Gasteiger partial charge < -0.3 is 10.4 Å². The number of piperidine rings is 1. The van der Waals surface area contributed by atoms with Crippen LogP contribution < -0.4 is 10.5 Å². The summed E-state index contributed by atoms with van der Waals surface area (Å²) < 4.78 is 23.0. The zero-order valence-corrected chi connectivity index (χ0v) is 19.4. The minimum atomic E-state index is -3.66. The van der Waals surface area contributed by atoms with Crippen LogP contribution in [0.4, 0.5) is 0 Å². The lowest BCUT2D eigenvalue weighted by molar-refractivity contribution is 0.0432. The Morgan fingerprint density at radius 2 is 1.94 bits per heavy atom. The lowest BCUT2D eigenvalue weighted by Crippen LogP contribution is -2.67. The Balaban J connectivity index is 1.35. The van der Waals surface area contributed by atoms with Crippen LogP contribution in [0.5, 0.6) is 5.75 Å². The number of aromatic hydroxyl groups is 1. The quantitative estimate of drug-likeness (QED) is 0.596. The zero-order chi connectivity index (χ0) is 22.5. The third-order valence-corrected chi connectivity index (χ3v) is 8.75. The summed E-state index contributed by atoms with van der Waals surface area (Å²) in [6, 6.07) is 13.5. The molecule has 1 unspecified atom stereocenters. The van der Waals surface area contributed by atoms with Gasteiger partial charge in [-0.1, -0.05) is 25.1 Å². The van der Waals surface area contributed by atoms with Crippen LogP contribution in [0.15, 0.2) is 47.4 Å². The average Bonchev–Trinajstić information content (AvgIpc) is 3.56. The Morgan fingerprint density at radius 3 is 2.62 bits per heavy atom. The first-order chi connectivity index (χ1) is 15.2. The van der Waals surface area contributed by atoms with Crippen molar-refractivity contribution in [3.05, 3.63) is 59.2 Å². The summed E-state index contributed by atoms with van der Waals surface area (Å²) in [5.74, 6) is 1.20. The van der Waals surface area contributed by atoms with Crippen LogP contribution in [-0.4, -0.2) is 50.1 Å². The first kappa shape index (κ1) is 21.9. The van der Waals surface area contributed by atoms with Gasteiger partial charge in [0.05, 0.1) is 4.90 Å². The molecule has 2 aromatic rings. The average molecular weight is 456 g/mol. The number of hydrogen-bond donors (Lipinski definition) is 3. The lowest BCUT2D eigenvalue weighted by atomic mass is 9.61. The van der Waals surface area contributed by atoms with Crippen LogP contribution in [0, 0.1) is 5.92 Å². The van der Waals surface area contributed by atoms with Crippen molar-refractivity contribution in [3.63, 3.8) is 0 Å². The highest BCUT2D eigenvalue weighted by Gasteiger charge is 2.51. The van der Waals surface area contributed by atoms with E-state index >= 15 is 0 Å². The fraction of sp³-hybridized carbons (Fsp3) is 0.520. The molecule has 2 aliphatic carbocycles. The second-order valence-corrected chi connectivity index (χ2v) is 11.7. The summed E-state index contributed by atoms with van der Waals surface area (Å²) in [5, 5.41) is 19.3. The molecule has 1 heterocycles. The minimum Gasteiger partial charge on any atom is -0.508 e. The van der Waals surface area contributed by atoms with E-state index in [9.17, 15) is 13.5 Å². The second kappa shape index (κ2) is 8.13. The van der Waals surface area contributed by atoms with E-state index in [2.05, 4.69) is 23.2 Å². The third-order valence-electron chi connectivity index (χ3n) is 7.82. The Morgan fingerprint density at radius 1 is 1.19 bits per heavy atom. The normalized spacial score (nSPS) is 27.8. The molecule has 7 heteroatoms. The minimum absolute atomic E-state index is 0.0193. The highest BCUT2D eigenvalue weighted by molar-refractivity contribution is 7.89. The molecule has 172 valence electrons. The molecule has 1 saturated carbocycles. The van der Waals surface area contributed by atoms with Gasteiger partial charge >= 0.3 is 0 Å². The summed E-state index contributed by atoms with van der Waals surface area (Å²) in [5.41, 5.74) is 3.72. The van der Waals surface area contributed by atoms with E-state index in [0.717, 1.165) is 43.8 Å². The maximum Gasteiger partial charge on any atom is 0.238 e. The number of rotatable bonds is 7. The van der Waals surface area contributed by atoms with Crippen molar-refractivity contribution < 1.29 is 13.5 Å². The number of hydrogen-bond acceptors (Lipinski definition) is 5. The van der Waals surface area contributed by atoms with Gasteiger partial charge in [-0.05, 0) is 92.1 Å². The number of sulfonamides is 1. The summed E-state index contributed by atoms with van der Waals surface area (Å²) in [6.45, 7) is 5.47. The fourth-order valence-corrected chi connectivity index (χ4v) is 6.33. The van der Waals surface area contributed by atoms with Crippen LogP contribution in [-0.2, 0) is 28.3 Å². The number of fused-ring (bicyclic) bond motifs is 4. The summed E-state index contributed by atoms with van der Waals surface area (Å²) >= 11 is 0. The van der Waals surface area contributed by atoms with Gasteiger partial charge in [0.15, 0.2) is 0 Å². The molecule has 32 heavy (non-hydrogen) atoms. The van der Waals surface area contributed by atoms with Crippen molar-refractivity contribution >= 4 is 10.0 Å². The predicted octanol–water partition coefficient (Wildman–Crippen LogP) is 2.54. The Bertz CT molecular complexity index is 1100. The maximum atomic E-state index is 11.5. The molecule has 6 nitrogen and oxygen atoms in total. The standard InChI is InChI=1S/C25H33N3O3S/c1-25-11-13-28(16-18-2-3-18)23(14-19-6-7-20(29)15-22(19)25)24(25)27-12-10-17-4-8-21(9-5-17)32(26,30)31/h4-9,15,18,23-24,27,29H,2-3,10-14,16H2,1H3,(H2,26,30,31)/t23-,24-,25?/m1/s1. The Hall–Kier alpha value is -1.93. The molecular formula is C25H33N3O3S. The maximum absolute atomic E-state index is 11.5. The van der Waals surface area contributed by atoms with E-state index in [0.29, 0.717) is 17.8 Å². The number of primary sulfonamides is 1. The molecule has 1 aliphatic heterocycles. The molecular weight excluding hydrogens is 422 g/mol. The summed E-state index contributed by atoms with van der Waals surface area (Å²) in [7, 11) is -3.66. The van der Waals surface area contributed by atoms with Gasteiger partial charge in [0, 0.05) is 24.0 Å². The molecule has 1 saturated heterocycles. The molecule has 5 rings (SSSR count). The number of nitrogens with one attached hydrogen (secondary N) is 1. The van der Waals surface area contributed by atoms with Gasteiger partial charge in [-0.3, -0.25) is 4.90 Å². The second-order valence-electron chi connectivity index (χ2n) is 10.1. The SMILES string of the molecule is CC12CCN(CC3CC3)[C@H](Cc3ccc(O)cc31)[C@H]2NCCc1ccc(S(N)(=O)=O)cc1. The van der Waals surface area contributed by atoms with Crippen molar-refractivity contribution in [2.24, 2.45) is 11.1 Å². The first-order valence-electron chi connectivity index (χ1n) is 11.7. The summed E-state index contributed by atoms with van der Waals surface area (Å²) in [4.78, 5) is 2.85. The summed E-state index contributed by atoms with van der Waals surface area (Å²) in [6.07, 6.45) is 5.63. The van der Waals surface area contributed by atoms with E-state index in [1.54, 1.807) is 12.1 Å². The topological polar surface area (TPSA) is 95.7 Å². The van der Waals surface area contributed by atoms with E-state index in [1.165, 1.54) is 30.5 Å². The predicted molar refractivity (Wildman–Crippen MR) is 125 cm³/mol. The highest BCUT2D eigenvalue weighted by Crippen LogP contribution is 2.47. The Labute approximate surface area is 190 Å². The number of nitrogens with two attached hydrogens (primary N) is 1. The number of benzene rings is 2. The molecule has 3 atom stereocenters. The van der Waals surface area contributed by atoms with Crippen LogP contribution >= 0.6 is 0 Å². The van der Waals surface area contributed by atoms with Crippen LogP contribution in [0.25, 0.3) is 0 Å². The number of phenols is 1. The highest BCUT2D eigenvalue weighted by atomic mass is 32.2. The molecule has 4 N–H and O–H groups in total. The molecule has 0 radical (unpaired) electrons. The zero-order valence-electron chi connectivity index (χ0n) is 18.6. The van der Waals surface area contributed by atoms with E-state index in [-0.39, 0.29) is 10.3 Å². The van der Waals surface area contributed by atoms with Gasteiger partial charge in [0.25, 0.3) is 0 Å². The van der Waals surface area contributed by atoms with Crippen molar-refractivity contribution in [2.75, 3.05) is 19.6 Å². The molecule has 0 aromatic heterocycles. The smallest absolute Gasteiger partial charge is 0.238 e. The third kappa shape index (κ3) is 4.19. The monoisotopic (exact) mass is 455 g/mol. The van der Waals surface area contributed by atoms with Crippen LogP contribution in [0.2, 0.25) is 0 Å². The first-order valence-corrected chi connectivity index (χ1v) is 13.2. The Kier molecular flexibility index (Phi) is 5.56. The molecule has 2 aromatic carbocycles. The van der Waals surface area contributed by atoms with E-state index in [4.69, 9.17) is 5.14 Å². The molecule has 2 fully saturated rings. The van der Waals surface area contributed by atoms with E-state index < -0.39 is 10.0 Å².